The van der Waals surface area contributed by atoms with Crippen LogP contribution in [0.3, 0.4) is 0 Å². The molecule has 4 aromatic carbocycles. The van der Waals surface area contributed by atoms with Gasteiger partial charge in [0.15, 0.2) is 5.54 Å². The lowest BCUT2D eigenvalue weighted by molar-refractivity contribution is -0.192. The summed E-state index contributed by atoms with van der Waals surface area (Å²) in [4.78, 5) is 42.0. The number of carbonyl (C=O) groups excluding carboxylic acids is 1. The van der Waals surface area contributed by atoms with E-state index in [0.717, 1.165) is 40.9 Å². The largest absolute Gasteiger partial charge is 0.490 e. The Morgan fingerprint density at radius 1 is 0.800 bits per heavy atom. The molecular weight excluding hydrogens is 585 g/mol. The summed E-state index contributed by atoms with van der Waals surface area (Å²) in [6.07, 6.45) is -2.43. The standard InChI is InChI=1S/C33H30N2O3.C2HF3O2/c1-2-3-18-30-34-33(26-12-6-4-7-13-26,27-14-8-5-9-15-27)32(38)35(30)23-24-19-21-25(22-20-24)28-16-10-11-17-29(28)31(36)37;3-2(4,5)1(6)7/h4-17,19-22H,2-3,18,23H2,1H3,(H,36,37);(H,6,7). The minimum atomic E-state index is -5.08. The topological polar surface area (TPSA) is 107 Å². The van der Waals surface area contributed by atoms with Gasteiger partial charge in [-0.25, -0.2) is 14.6 Å². The maximum absolute atomic E-state index is 14.4. The fourth-order valence-electron chi connectivity index (χ4n) is 5.10. The van der Waals surface area contributed by atoms with Crippen LogP contribution in [0.15, 0.2) is 114 Å². The van der Waals surface area contributed by atoms with Crippen molar-refractivity contribution in [2.45, 2.75) is 44.4 Å². The number of hydrogen-bond donors (Lipinski definition) is 2. The van der Waals surface area contributed by atoms with E-state index in [4.69, 9.17) is 14.9 Å². The van der Waals surface area contributed by atoms with E-state index >= 15 is 0 Å². The number of amidine groups is 1. The van der Waals surface area contributed by atoms with E-state index in [1.807, 2.05) is 102 Å². The number of benzene rings is 4. The van der Waals surface area contributed by atoms with Crippen molar-refractivity contribution >= 4 is 23.7 Å². The van der Waals surface area contributed by atoms with Crippen LogP contribution in [0.5, 0.6) is 0 Å². The SMILES string of the molecule is CCCCC1=NC(c2ccccc2)(c2ccccc2)C(=O)N1Cc1ccc(-c2ccccc2C(=O)O)cc1.O=C(O)C(F)(F)F. The lowest BCUT2D eigenvalue weighted by Gasteiger charge is -2.27. The zero-order valence-corrected chi connectivity index (χ0v) is 24.4. The molecule has 0 saturated heterocycles. The van der Waals surface area contributed by atoms with Crippen molar-refractivity contribution in [2.75, 3.05) is 0 Å². The zero-order valence-electron chi connectivity index (χ0n) is 24.4. The predicted octanol–water partition coefficient (Wildman–Crippen LogP) is 7.56. The fraction of sp³-hybridized carbons (Fsp3) is 0.200. The molecule has 0 bridgehead atoms. The number of aromatic carboxylic acids is 1. The van der Waals surface area contributed by atoms with Gasteiger partial charge in [0.25, 0.3) is 5.91 Å². The maximum atomic E-state index is 14.4. The number of aliphatic carboxylic acids is 1. The molecule has 232 valence electrons. The van der Waals surface area contributed by atoms with Crippen LogP contribution in [0.25, 0.3) is 11.1 Å². The first-order valence-corrected chi connectivity index (χ1v) is 14.2. The van der Waals surface area contributed by atoms with Gasteiger partial charge in [0.05, 0.1) is 12.1 Å². The van der Waals surface area contributed by atoms with E-state index in [-0.39, 0.29) is 11.5 Å². The van der Waals surface area contributed by atoms with E-state index in [2.05, 4.69) is 6.92 Å². The van der Waals surface area contributed by atoms with Crippen molar-refractivity contribution < 1.29 is 37.8 Å². The summed E-state index contributed by atoms with van der Waals surface area (Å²) in [5.41, 5.74) is 3.30. The summed E-state index contributed by atoms with van der Waals surface area (Å²) in [7, 11) is 0. The molecule has 45 heavy (non-hydrogen) atoms. The molecular formula is C35H31F3N2O5. The third kappa shape index (κ3) is 7.29. The lowest BCUT2D eigenvalue weighted by Crippen LogP contribution is -2.41. The number of carboxylic acids is 2. The Labute approximate surface area is 258 Å². The van der Waals surface area contributed by atoms with Gasteiger partial charge in [-0.1, -0.05) is 116 Å². The normalized spacial score (nSPS) is 13.9. The molecule has 0 fully saturated rings. The Balaban J connectivity index is 0.000000591. The summed E-state index contributed by atoms with van der Waals surface area (Å²) in [6, 6.07) is 34.3. The first-order valence-electron chi connectivity index (χ1n) is 14.2. The molecule has 7 nitrogen and oxygen atoms in total. The average molecular weight is 617 g/mol. The maximum Gasteiger partial charge on any atom is 0.490 e. The molecule has 0 radical (unpaired) electrons. The van der Waals surface area contributed by atoms with Gasteiger partial charge in [-0.2, -0.15) is 13.2 Å². The summed E-state index contributed by atoms with van der Waals surface area (Å²) < 4.78 is 31.7. The molecule has 1 aliphatic rings. The van der Waals surface area contributed by atoms with Gasteiger partial charge in [0.2, 0.25) is 0 Å². The van der Waals surface area contributed by atoms with Crippen molar-refractivity contribution in [2.24, 2.45) is 4.99 Å². The van der Waals surface area contributed by atoms with Gasteiger partial charge in [0.1, 0.15) is 5.84 Å². The van der Waals surface area contributed by atoms with Crippen molar-refractivity contribution in [3.63, 3.8) is 0 Å². The third-order valence-electron chi connectivity index (χ3n) is 7.31. The van der Waals surface area contributed by atoms with Crippen LogP contribution in [0.1, 0.15) is 53.2 Å². The molecule has 0 atom stereocenters. The number of halogens is 3. The summed E-state index contributed by atoms with van der Waals surface area (Å²) in [5.74, 6) is -2.97. The predicted molar refractivity (Wildman–Crippen MR) is 164 cm³/mol. The Morgan fingerprint density at radius 3 is 1.80 bits per heavy atom. The fourth-order valence-corrected chi connectivity index (χ4v) is 5.10. The summed E-state index contributed by atoms with van der Waals surface area (Å²) >= 11 is 0. The number of nitrogens with zero attached hydrogens (tertiary/aromatic N) is 2. The number of amides is 1. The number of aliphatic imine (C=N–C) groups is 1. The zero-order chi connectivity index (χ0) is 32.6. The molecule has 1 amide bonds. The molecule has 5 rings (SSSR count). The second-order valence-corrected chi connectivity index (χ2v) is 10.3. The van der Waals surface area contributed by atoms with E-state index in [9.17, 15) is 27.9 Å². The quantitative estimate of drug-likeness (QED) is 0.202. The van der Waals surface area contributed by atoms with Crippen LogP contribution in [0.4, 0.5) is 13.2 Å². The van der Waals surface area contributed by atoms with Gasteiger partial charge >= 0.3 is 18.1 Å². The first kappa shape index (κ1) is 32.7. The molecule has 0 saturated carbocycles. The second kappa shape index (κ2) is 14.0. The molecule has 1 heterocycles. The highest BCUT2D eigenvalue weighted by atomic mass is 19.4. The van der Waals surface area contributed by atoms with Crippen LogP contribution in [0, 0.1) is 0 Å². The molecule has 4 aromatic rings. The third-order valence-corrected chi connectivity index (χ3v) is 7.31. The van der Waals surface area contributed by atoms with Crippen molar-refractivity contribution in [1.29, 1.82) is 0 Å². The van der Waals surface area contributed by atoms with E-state index < -0.39 is 23.7 Å². The highest BCUT2D eigenvalue weighted by molar-refractivity contribution is 6.10. The number of carbonyl (C=O) groups is 3. The summed E-state index contributed by atoms with van der Waals surface area (Å²) in [6.45, 7) is 2.53. The number of alkyl halides is 3. The van der Waals surface area contributed by atoms with Gasteiger partial charge in [-0.15, -0.1) is 0 Å². The number of unbranched alkanes of at least 4 members (excludes halogenated alkanes) is 1. The first-order chi connectivity index (χ1) is 21.5. The van der Waals surface area contributed by atoms with Crippen molar-refractivity contribution in [3.05, 3.63) is 131 Å². The van der Waals surface area contributed by atoms with E-state index in [0.29, 0.717) is 18.5 Å². The van der Waals surface area contributed by atoms with Gasteiger partial charge < -0.3 is 10.2 Å². The molecule has 2 N–H and O–H groups in total. The highest BCUT2D eigenvalue weighted by Crippen LogP contribution is 2.41. The lowest BCUT2D eigenvalue weighted by atomic mass is 9.83. The van der Waals surface area contributed by atoms with Crippen LogP contribution in [0.2, 0.25) is 0 Å². The van der Waals surface area contributed by atoms with Gasteiger partial charge in [-0.3, -0.25) is 9.69 Å². The number of rotatable bonds is 9. The number of carboxylic acid groups (broad SMARTS) is 2. The Kier molecular flexibility index (Phi) is 10.2. The van der Waals surface area contributed by atoms with E-state index in [1.54, 1.807) is 12.1 Å². The van der Waals surface area contributed by atoms with E-state index in [1.165, 1.54) is 0 Å². The Hall–Kier alpha value is -5.25. The molecule has 0 aromatic heterocycles. The smallest absolute Gasteiger partial charge is 0.478 e. The van der Waals surface area contributed by atoms with Crippen LogP contribution in [-0.2, 0) is 21.7 Å². The molecule has 1 aliphatic heterocycles. The minimum absolute atomic E-state index is 0.0543. The minimum Gasteiger partial charge on any atom is -0.478 e. The molecule has 0 spiro atoms. The Morgan fingerprint density at radius 2 is 1.31 bits per heavy atom. The monoisotopic (exact) mass is 616 g/mol. The van der Waals surface area contributed by atoms with Crippen molar-refractivity contribution in [3.8, 4) is 11.1 Å². The molecule has 10 heteroatoms. The van der Waals surface area contributed by atoms with Crippen LogP contribution < -0.4 is 0 Å². The van der Waals surface area contributed by atoms with Crippen molar-refractivity contribution in [1.82, 2.24) is 4.90 Å². The molecule has 0 unspecified atom stereocenters. The summed E-state index contributed by atoms with van der Waals surface area (Å²) in [5, 5.41) is 16.7. The Bertz CT molecular complexity index is 1630. The highest BCUT2D eigenvalue weighted by Gasteiger charge is 2.50. The van der Waals surface area contributed by atoms with Crippen LogP contribution >= 0.6 is 0 Å². The van der Waals surface area contributed by atoms with Gasteiger partial charge in [0, 0.05) is 6.42 Å². The second-order valence-electron chi connectivity index (χ2n) is 10.3. The molecule has 0 aliphatic carbocycles. The number of hydrogen-bond acceptors (Lipinski definition) is 4. The van der Waals surface area contributed by atoms with Gasteiger partial charge in [-0.05, 0) is 40.3 Å². The average Bonchev–Trinajstić information content (AvgIpc) is 3.32. The van der Waals surface area contributed by atoms with Crippen LogP contribution in [-0.4, -0.2) is 45.0 Å².